The number of thioether (sulfide) groups is 1. The molecule has 0 bridgehead atoms. The van der Waals surface area contributed by atoms with Crippen LogP contribution in [0.2, 0.25) is 0 Å². The molecule has 0 fully saturated rings. The highest BCUT2D eigenvalue weighted by Crippen LogP contribution is 2.18. The molecular weight excluding hydrogens is 360 g/mol. The number of anilines is 1. The molecule has 1 amide bonds. The van der Waals surface area contributed by atoms with E-state index in [0.717, 1.165) is 22.6 Å². The van der Waals surface area contributed by atoms with Crippen LogP contribution < -0.4 is 5.32 Å². The van der Waals surface area contributed by atoms with Crippen molar-refractivity contribution in [3.05, 3.63) is 65.7 Å². The van der Waals surface area contributed by atoms with Crippen molar-refractivity contribution >= 4 is 35.4 Å². The molecule has 0 aromatic heterocycles. The van der Waals surface area contributed by atoms with Crippen LogP contribution >= 0.6 is 11.8 Å². The average molecular weight is 377 g/mol. The first-order valence-electron chi connectivity index (χ1n) is 7.68. The molecule has 2 aromatic rings. The van der Waals surface area contributed by atoms with E-state index in [1.807, 2.05) is 30.5 Å². The Hall–Kier alpha value is -2.67. The Morgan fingerprint density at radius 3 is 2.31 bits per heavy atom. The minimum absolute atomic E-state index is 0.579. The van der Waals surface area contributed by atoms with Gasteiger partial charge in [-0.2, -0.15) is 0 Å². The Morgan fingerprint density at radius 2 is 1.73 bits per heavy atom. The third-order valence-corrected chi connectivity index (χ3v) is 4.14. The Balaban J connectivity index is 1.93. The molecule has 0 saturated carbocycles. The normalized spacial score (nSPS) is 12.0. The predicted molar refractivity (Wildman–Crippen MR) is 97.8 cm³/mol. The van der Waals surface area contributed by atoms with Crippen LogP contribution in [0, 0.1) is 11.6 Å². The molecule has 0 spiro atoms. The highest BCUT2D eigenvalue weighted by Gasteiger charge is 2.19. The summed E-state index contributed by atoms with van der Waals surface area (Å²) in [6.45, 7) is 1.31. The maximum Gasteiger partial charge on any atom is 0.331 e. The van der Waals surface area contributed by atoms with Gasteiger partial charge >= 0.3 is 5.97 Å². The molecule has 26 heavy (non-hydrogen) atoms. The van der Waals surface area contributed by atoms with Gasteiger partial charge in [-0.15, -0.1) is 11.8 Å². The average Bonchev–Trinajstić information content (AvgIpc) is 2.63. The molecule has 1 atom stereocenters. The molecule has 4 nitrogen and oxygen atoms in total. The Labute approximate surface area is 154 Å². The van der Waals surface area contributed by atoms with Crippen LogP contribution in [0.1, 0.15) is 12.5 Å². The zero-order chi connectivity index (χ0) is 19.1. The minimum atomic E-state index is -1.22. The molecule has 0 aliphatic rings. The summed E-state index contributed by atoms with van der Waals surface area (Å²) in [5, 5.41) is 2.08. The van der Waals surface area contributed by atoms with E-state index in [1.54, 1.807) is 17.8 Å². The van der Waals surface area contributed by atoms with Crippen molar-refractivity contribution < 1.29 is 23.1 Å². The van der Waals surface area contributed by atoms with Gasteiger partial charge in [-0.3, -0.25) is 4.79 Å². The molecule has 2 aromatic carbocycles. The second-order valence-electron chi connectivity index (χ2n) is 5.27. The first-order valence-corrected chi connectivity index (χ1v) is 8.91. The predicted octanol–water partition coefficient (Wildman–Crippen LogP) is 4.27. The number of esters is 1. The minimum Gasteiger partial charge on any atom is -0.449 e. The molecule has 0 heterocycles. The van der Waals surface area contributed by atoms with Crippen molar-refractivity contribution in [3.8, 4) is 0 Å². The number of halogens is 2. The number of amides is 1. The van der Waals surface area contributed by atoms with E-state index in [9.17, 15) is 18.4 Å². The van der Waals surface area contributed by atoms with Crippen LogP contribution in [0.25, 0.3) is 6.08 Å². The zero-order valence-corrected chi connectivity index (χ0v) is 15.0. The van der Waals surface area contributed by atoms with Gasteiger partial charge in [0.25, 0.3) is 5.91 Å². The third-order valence-electron chi connectivity index (χ3n) is 3.40. The SMILES string of the molecule is CSc1ccc(/C=C/C(=O)O[C@H](C)C(=O)Nc2c(F)cccc2F)cc1. The van der Waals surface area contributed by atoms with E-state index >= 15 is 0 Å². The first-order chi connectivity index (χ1) is 12.4. The molecule has 136 valence electrons. The monoisotopic (exact) mass is 377 g/mol. The van der Waals surface area contributed by atoms with Crippen molar-refractivity contribution in [1.29, 1.82) is 0 Å². The lowest BCUT2D eigenvalue weighted by Crippen LogP contribution is -2.30. The number of para-hydroxylation sites is 1. The summed E-state index contributed by atoms with van der Waals surface area (Å²) in [4.78, 5) is 24.8. The Bertz CT molecular complexity index is 802. The van der Waals surface area contributed by atoms with Gasteiger partial charge < -0.3 is 10.1 Å². The fourth-order valence-corrected chi connectivity index (χ4v) is 2.40. The van der Waals surface area contributed by atoms with Crippen LogP contribution in [0.15, 0.2) is 53.4 Å². The fraction of sp³-hybridized carbons (Fsp3) is 0.158. The van der Waals surface area contributed by atoms with Crippen molar-refractivity contribution in [1.82, 2.24) is 0 Å². The molecular formula is C19H17F2NO3S. The molecule has 0 saturated heterocycles. The highest BCUT2D eigenvalue weighted by atomic mass is 32.2. The lowest BCUT2D eigenvalue weighted by Gasteiger charge is -2.13. The van der Waals surface area contributed by atoms with Gasteiger partial charge in [-0.25, -0.2) is 13.6 Å². The van der Waals surface area contributed by atoms with Crippen LogP contribution in [0.3, 0.4) is 0 Å². The van der Waals surface area contributed by atoms with Gasteiger partial charge in [0.15, 0.2) is 6.10 Å². The van der Waals surface area contributed by atoms with E-state index in [4.69, 9.17) is 4.74 Å². The summed E-state index contributed by atoms with van der Waals surface area (Å²) >= 11 is 1.60. The van der Waals surface area contributed by atoms with E-state index in [0.29, 0.717) is 0 Å². The van der Waals surface area contributed by atoms with Gasteiger partial charge in [0, 0.05) is 11.0 Å². The topological polar surface area (TPSA) is 55.4 Å². The second kappa shape index (κ2) is 9.15. The fourth-order valence-electron chi connectivity index (χ4n) is 1.99. The van der Waals surface area contributed by atoms with Crippen LogP contribution in [-0.2, 0) is 14.3 Å². The second-order valence-corrected chi connectivity index (χ2v) is 6.15. The number of rotatable bonds is 6. The van der Waals surface area contributed by atoms with Gasteiger partial charge in [0.1, 0.15) is 17.3 Å². The maximum atomic E-state index is 13.5. The number of carbonyl (C=O) groups is 2. The summed E-state index contributed by atoms with van der Waals surface area (Å²) in [5.41, 5.74) is 0.218. The number of hydrogen-bond acceptors (Lipinski definition) is 4. The maximum absolute atomic E-state index is 13.5. The molecule has 0 aliphatic heterocycles. The largest absolute Gasteiger partial charge is 0.449 e. The molecule has 2 rings (SSSR count). The molecule has 0 aliphatic carbocycles. The summed E-state index contributed by atoms with van der Waals surface area (Å²) in [5.74, 6) is -3.40. The van der Waals surface area contributed by atoms with Crippen LogP contribution in [0.4, 0.5) is 14.5 Å². The van der Waals surface area contributed by atoms with Gasteiger partial charge in [-0.05, 0) is 49.1 Å². The van der Waals surface area contributed by atoms with Crippen molar-refractivity contribution in [3.63, 3.8) is 0 Å². The zero-order valence-electron chi connectivity index (χ0n) is 14.2. The number of carbonyl (C=O) groups excluding carboxylic acids is 2. The van der Waals surface area contributed by atoms with E-state index in [1.165, 1.54) is 19.1 Å². The number of hydrogen-bond donors (Lipinski definition) is 1. The van der Waals surface area contributed by atoms with E-state index < -0.39 is 35.3 Å². The Morgan fingerprint density at radius 1 is 1.12 bits per heavy atom. The molecule has 0 radical (unpaired) electrons. The van der Waals surface area contributed by atoms with Gasteiger partial charge in [0.2, 0.25) is 0 Å². The summed E-state index contributed by atoms with van der Waals surface area (Å²) in [6.07, 6.45) is 3.47. The number of ether oxygens (including phenoxy) is 1. The molecule has 0 unspecified atom stereocenters. The van der Waals surface area contributed by atoms with Gasteiger partial charge in [-0.1, -0.05) is 18.2 Å². The number of benzene rings is 2. The van der Waals surface area contributed by atoms with Crippen LogP contribution in [-0.4, -0.2) is 24.2 Å². The van der Waals surface area contributed by atoms with Crippen LogP contribution in [0.5, 0.6) is 0 Å². The highest BCUT2D eigenvalue weighted by molar-refractivity contribution is 7.98. The lowest BCUT2D eigenvalue weighted by molar-refractivity contribution is -0.148. The smallest absolute Gasteiger partial charge is 0.331 e. The molecule has 1 N–H and O–H groups in total. The molecule has 7 heteroatoms. The summed E-state index contributed by atoms with van der Waals surface area (Å²) in [7, 11) is 0. The Kier molecular flexibility index (Phi) is 6.91. The summed E-state index contributed by atoms with van der Waals surface area (Å²) in [6, 6.07) is 10.7. The van der Waals surface area contributed by atoms with Crippen molar-refractivity contribution in [2.75, 3.05) is 11.6 Å². The van der Waals surface area contributed by atoms with Crippen molar-refractivity contribution in [2.45, 2.75) is 17.9 Å². The quantitative estimate of drug-likeness (QED) is 0.464. The standard InChI is InChI=1S/C19H17F2NO3S/c1-12(19(24)22-18-15(20)4-3-5-16(18)21)25-17(23)11-8-13-6-9-14(26-2)10-7-13/h3-12H,1-2H3,(H,22,24)/b11-8+/t12-/m1/s1. The first kappa shape index (κ1) is 19.7. The lowest BCUT2D eigenvalue weighted by atomic mass is 10.2. The van der Waals surface area contributed by atoms with Gasteiger partial charge in [0.05, 0.1) is 0 Å². The third kappa shape index (κ3) is 5.42. The number of nitrogens with one attached hydrogen (secondary N) is 1. The van der Waals surface area contributed by atoms with E-state index in [-0.39, 0.29) is 0 Å². The van der Waals surface area contributed by atoms with Crippen molar-refractivity contribution in [2.24, 2.45) is 0 Å². The summed E-state index contributed by atoms with van der Waals surface area (Å²) < 4.78 is 32.0. The van der Waals surface area contributed by atoms with E-state index in [2.05, 4.69) is 5.32 Å².